The van der Waals surface area contributed by atoms with Crippen LogP contribution < -0.4 is 0 Å². The Labute approximate surface area is 179 Å². The van der Waals surface area contributed by atoms with Crippen LogP contribution >= 0.6 is 0 Å². The Hall–Kier alpha value is -3.55. The topological polar surface area (TPSA) is 81.3 Å². The molecule has 1 atom stereocenters. The average molecular weight is 422 g/mol. The quantitative estimate of drug-likeness (QED) is 0.462. The van der Waals surface area contributed by atoms with E-state index in [1.165, 1.54) is 12.1 Å². The summed E-state index contributed by atoms with van der Waals surface area (Å²) in [5, 5.41) is 15.5. The van der Waals surface area contributed by atoms with Gasteiger partial charge in [-0.05, 0) is 68.1 Å². The van der Waals surface area contributed by atoms with Gasteiger partial charge in [-0.3, -0.25) is 19.6 Å². The van der Waals surface area contributed by atoms with E-state index in [-0.39, 0.29) is 23.5 Å². The SMILES string of the molecule is Cc1nn(Cc2ccc(C(=O)N3CCc4ccc(F)cc4C3C)cc2)c(C)c1[N+](=O)[O-]. The Morgan fingerprint density at radius 1 is 1.23 bits per heavy atom. The smallest absolute Gasteiger partial charge is 0.312 e. The summed E-state index contributed by atoms with van der Waals surface area (Å²) in [6, 6.07) is 11.7. The van der Waals surface area contributed by atoms with Gasteiger partial charge in [0, 0.05) is 12.1 Å². The first-order valence-electron chi connectivity index (χ1n) is 10.1. The Morgan fingerprint density at radius 2 is 1.94 bits per heavy atom. The van der Waals surface area contributed by atoms with Crippen molar-refractivity contribution in [1.29, 1.82) is 0 Å². The van der Waals surface area contributed by atoms with E-state index in [1.54, 1.807) is 41.6 Å². The van der Waals surface area contributed by atoms with Crippen molar-refractivity contribution in [2.75, 3.05) is 6.54 Å². The molecule has 1 aliphatic rings. The molecule has 7 nitrogen and oxygen atoms in total. The minimum absolute atomic E-state index is 0.0302. The molecule has 1 aliphatic heterocycles. The third kappa shape index (κ3) is 3.81. The molecule has 0 saturated carbocycles. The summed E-state index contributed by atoms with van der Waals surface area (Å²) in [5.74, 6) is -0.399. The van der Waals surface area contributed by atoms with Gasteiger partial charge in [-0.15, -0.1) is 0 Å². The van der Waals surface area contributed by atoms with Crippen LogP contribution in [0.25, 0.3) is 0 Å². The molecule has 0 fully saturated rings. The number of aromatic nitrogens is 2. The summed E-state index contributed by atoms with van der Waals surface area (Å²) in [4.78, 5) is 25.6. The first kappa shape index (κ1) is 20.7. The molecule has 8 heteroatoms. The zero-order valence-electron chi connectivity index (χ0n) is 17.6. The second-order valence-electron chi connectivity index (χ2n) is 7.90. The fourth-order valence-electron chi connectivity index (χ4n) is 4.26. The Kier molecular flexibility index (Phi) is 5.31. The van der Waals surface area contributed by atoms with Crippen LogP contribution in [-0.4, -0.2) is 32.1 Å². The lowest BCUT2D eigenvalue weighted by molar-refractivity contribution is -0.386. The summed E-state index contributed by atoms with van der Waals surface area (Å²) in [6.07, 6.45) is 0.695. The largest absolute Gasteiger partial charge is 0.332 e. The standard InChI is InChI=1S/C23H23FN4O3/c1-14-22(28(30)31)16(3)27(25-14)13-17-4-6-19(7-5-17)23(29)26-11-10-18-8-9-20(24)12-21(18)15(26)2/h4-9,12,15H,10-11,13H2,1-3H3. The van der Waals surface area contributed by atoms with Gasteiger partial charge < -0.3 is 4.90 Å². The fraction of sp³-hybridized carbons (Fsp3) is 0.304. The minimum atomic E-state index is -0.417. The maximum absolute atomic E-state index is 13.7. The maximum atomic E-state index is 13.7. The molecule has 0 N–H and O–H groups in total. The Bertz CT molecular complexity index is 1170. The lowest BCUT2D eigenvalue weighted by Crippen LogP contribution is -2.38. The van der Waals surface area contributed by atoms with Crippen LogP contribution in [0.4, 0.5) is 10.1 Å². The second-order valence-corrected chi connectivity index (χ2v) is 7.90. The van der Waals surface area contributed by atoms with Crippen molar-refractivity contribution in [2.24, 2.45) is 0 Å². The molecule has 2 heterocycles. The number of nitro groups is 1. The Balaban J connectivity index is 1.52. The van der Waals surface area contributed by atoms with Gasteiger partial charge in [-0.25, -0.2) is 4.39 Å². The van der Waals surface area contributed by atoms with Crippen molar-refractivity contribution < 1.29 is 14.1 Å². The highest BCUT2D eigenvalue weighted by Gasteiger charge is 2.28. The van der Waals surface area contributed by atoms with Gasteiger partial charge in [0.25, 0.3) is 5.91 Å². The van der Waals surface area contributed by atoms with Crippen LogP contribution in [0.5, 0.6) is 0 Å². The van der Waals surface area contributed by atoms with Gasteiger partial charge in [0.05, 0.1) is 17.5 Å². The molecule has 1 aromatic heterocycles. The van der Waals surface area contributed by atoms with Gasteiger partial charge >= 0.3 is 5.69 Å². The molecule has 160 valence electrons. The van der Waals surface area contributed by atoms with E-state index in [2.05, 4.69) is 5.10 Å². The lowest BCUT2D eigenvalue weighted by Gasteiger charge is -2.35. The third-order valence-electron chi connectivity index (χ3n) is 5.97. The van der Waals surface area contributed by atoms with Crippen molar-refractivity contribution in [3.8, 4) is 0 Å². The van der Waals surface area contributed by atoms with E-state index < -0.39 is 4.92 Å². The van der Waals surface area contributed by atoms with Crippen LogP contribution in [0.3, 0.4) is 0 Å². The van der Waals surface area contributed by atoms with E-state index in [4.69, 9.17) is 0 Å². The summed E-state index contributed by atoms with van der Waals surface area (Å²) < 4.78 is 15.3. The zero-order chi connectivity index (χ0) is 22.3. The minimum Gasteiger partial charge on any atom is -0.332 e. The number of hydrogen-bond donors (Lipinski definition) is 0. The zero-order valence-corrected chi connectivity index (χ0v) is 17.6. The molecule has 31 heavy (non-hydrogen) atoms. The van der Waals surface area contributed by atoms with E-state index >= 15 is 0 Å². The van der Waals surface area contributed by atoms with Gasteiger partial charge in [-0.2, -0.15) is 5.10 Å². The lowest BCUT2D eigenvalue weighted by atomic mass is 9.93. The fourth-order valence-corrected chi connectivity index (χ4v) is 4.26. The second kappa shape index (κ2) is 7.94. The number of benzene rings is 2. The summed E-state index contributed by atoms with van der Waals surface area (Å²) in [5.41, 5.74) is 4.27. The van der Waals surface area contributed by atoms with Crippen molar-refractivity contribution in [1.82, 2.24) is 14.7 Å². The van der Waals surface area contributed by atoms with E-state index in [0.29, 0.717) is 36.5 Å². The van der Waals surface area contributed by atoms with Crippen molar-refractivity contribution in [2.45, 2.75) is 39.8 Å². The van der Waals surface area contributed by atoms with E-state index in [9.17, 15) is 19.3 Å². The first-order valence-corrected chi connectivity index (χ1v) is 10.1. The van der Waals surface area contributed by atoms with Gasteiger partial charge in [-0.1, -0.05) is 18.2 Å². The molecule has 1 unspecified atom stereocenters. The number of halogens is 1. The highest BCUT2D eigenvalue weighted by Crippen LogP contribution is 2.31. The number of rotatable bonds is 4. The predicted molar refractivity (Wildman–Crippen MR) is 113 cm³/mol. The van der Waals surface area contributed by atoms with Crippen LogP contribution in [0.2, 0.25) is 0 Å². The predicted octanol–water partition coefficient (Wildman–Crippen LogP) is 4.36. The maximum Gasteiger partial charge on any atom is 0.312 e. The average Bonchev–Trinajstić information content (AvgIpc) is 3.02. The number of hydrogen-bond acceptors (Lipinski definition) is 4. The normalized spacial score (nSPS) is 15.6. The van der Waals surface area contributed by atoms with Crippen LogP contribution in [0.15, 0.2) is 42.5 Å². The van der Waals surface area contributed by atoms with Crippen LogP contribution in [0, 0.1) is 29.8 Å². The number of aryl methyl sites for hydroxylation is 1. The molecule has 4 rings (SSSR count). The van der Waals surface area contributed by atoms with Gasteiger partial charge in [0.15, 0.2) is 0 Å². The number of carbonyl (C=O) groups is 1. The van der Waals surface area contributed by atoms with Crippen molar-refractivity contribution >= 4 is 11.6 Å². The molecule has 0 bridgehead atoms. The van der Waals surface area contributed by atoms with Gasteiger partial charge in [0.2, 0.25) is 0 Å². The molecule has 1 amide bonds. The number of nitrogens with zero attached hydrogens (tertiary/aromatic N) is 4. The summed E-state index contributed by atoms with van der Waals surface area (Å²) in [7, 11) is 0. The highest BCUT2D eigenvalue weighted by atomic mass is 19.1. The molecule has 0 spiro atoms. The van der Waals surface area contributed by atoms with Crippen molar-refractivity contribution in [3.63, 3.8) is 0 Å². The third-order valence-corrected chi connectivity index (χ3v) is 5.97. The van der Waals surface area contributed by atoms with Gasteiger partial charge in [0.1, 0.15) is 17.2 Å². The number of carbonyl (C=O) groups excluding carboxylic acids is 1. The van der Waals surface area contributed by atoms with E-state index in [1.807, 2.05) is 19.1 Å². The molecule has 3 aromatic rings. The summed E-state index contributed by atoms with van der Waals surface area (Å²) in [6.45, 7) is 6.17. The van der Waals surface area contributed by atoms with Crippen LogP contribution in [0.1, 0.15) is 51.4 Å². The molecule has 2 aromatic carbocycles. The molecule has 0 saturated heterocycles. The van der Waals surface area contributed by atoms with Crippen LogP contribution in [-0.2, 0) is 13.0 Å². The van der Waals surface area contributed by atoms with Crippen molar-refractivity contribution in [3.05, 3.63) is 92.0 Å². The summed E-state index contributed by atoms with van der Waals surface area (Å²) >= 11 is 0. The number of fused-ring (bicyclic) bond motifs is 1. The molecular formula is C23H23FN4O3. The molecule has 0 radical (unpaired) electrons. The highest BCUT2D eigenvalue weighted by molar-refractivity contribution is 5.94. The molecular weight excluding hydrogens is 399 g/mol. The number of amides is 1. The van der Waals surface area contributed by atoms with E-state index in [0.717, 1.165) is 16.7 Å². The monoisotopic (exact) mass is 422 g/mol. The molecule has 0 aliphatic carbocycles. The Morgan fingerprint density at radius 3 is 2.58 bits per heavy atom. The first-order chi connectivity index (χ1) is 14.8.